The standard InChI is InChI=1S/C26H21FN4O3/c27-20-9-6-18(7-10-20)26-19(16-31(30-26)22-4-2-1-3-5-22)8-15-25(33)29-21-11-13-23(14-12-21)34-17-24(28)32/h1-16H,17H2,(H2,28,32)(H,29,33)/b15-8+. The average Bonchev–Trinajstić information content (AvgIpc) is 3.28. The third-order valence-electron chi connectivity index (χ3n) is 4.80. The van der Waals surface area contributed by atoms with E-state index in [4.69, 9.17) is 10.5 Å². The summed E-state index contributed by atoms with van der Waals surface area (Å²) in [5.41, 5.74) is 8.50. The van der Waals surface area contributed by atoms with Crippen molar-refractivity contribution in [1.82, 2.24) is 9.78 Å². The maximum absolute atomic E-state index is 13.4. The number of aromatic nitrogens is 2. The SMILES string of the molecule is NC(=O)COc1ccc(NC(=O)/C=C/c2cn(-c3ccccc3)nc2-c2ccc(F)cc2)cc1. The fourth-order valence-electron chi connectivity index (χ4n) is 3.19. The molecule has 0 aliphatic carbocycles. The lowest BCUT2D eigenvalue weighted by Crippen LogP contribution is -2.20. The highest BCUT2D eigenvalue weighted by Crippen LogP contribution is 2.25. The summed E-state index contributed by atoms with van der Waals surface area (Å²) in [4.78, 5) is 23.3. The summed E-state index contributed by atoms with van der Waals surface area (Å²) < 4.78 is 20.3. The third-order valence-corrected chi connectivity index (χ3v) is 4.80. The van der Waals surface area contributed by atoms with Crippen LogP contribution in [0, 0.1) is 5.82 Å². The molecule has 0 saturated heterocycles. The minimum atomic E-state index is -0.571. The number of nitrogens with zero attached hydrogens (tertiary/aromatic N) is 2. The Morgan fingerprint density at radius 1 is 1.00 bits per heavy atom. The van der Waals surface area contributed by atoms with Gasteiger partial charge in [0.2, 0.25) is 5.91 Å². The van der Waals surface area contributed by atoms with Crippen LogP contribution in [0.5, 0.6) is 5.75 Å². The zero-order chi connectivity index (χ0) is 23.9. The molecule has 4 rings (SSSR count). The number of hydrogen-bond donors (Lipinski definition) is 2. The van der Waals surface area contributed by atoms with Gasteiger partial charge in [-0.3, -0.25) is 9.59 Å². The molecular weight excluding hydrogens is 435 g/mol. The van der Waals surface area contributed by atoms with Crippen LogP contribution in [-0.2, 0) is 9.59 Å². The maximum Gasteiger partial charge on any atom is 0.255 e. The van der Waals surface area contributed by atoms with E-state index in [1.807, 2.05) is 36.5 Å². The largest absolute Gasteiger partial charge is 0.484 e. The van der Waals surface area contributed by atoms with Gasteiger partial charge in [0.05, 0.1) is 11.4 Å². The Morgan fingerprint density at radius 3 is 2.38 bits per heavy atom. The van der Waals surface area contributed by atoms with Crippen molar-refractivity contribution in [2.75, 3.05) is 11.9 Å². The average molecular weight is 456 g/mol. The van der Waals surface area contributed by atoms with Crippen molar-refractivity contribution in [3.05, 3.63) is 103 Å². The first kappa shape index (κ1) is 22.5. The van der Waals surface area contributed by atoms with Gasteiger partial charge in [-0.15, -0.1) is 0 Å². The molecule has 0 atom stereocenters. The van der Waals surface area contributed by atoms with Crippen LogP contribution in [0.1, 0.15) is 5.56 Å². The molecule has 2 amide bonds. The van der Waals surface area contributed by atoms with Crippen LogP contribution in [0.25, 0.3) is 23.0 Å². The van der Waals surface area contributed by atoms with Crippen LogP contribution < -0.4 is 15.8 Å². The molecule has 8 heteroatoms. The van der Waals surface area contributed by atoms with Gasteiger partial charge >= 0.3 is 0 Å². The Hall–Kier alpha value is -4.72. The number of rotatable bonds is 8. The number of carbonyl (C=O) groups excluding carboxylic acids is 2. The Balaban J connectivity index is 1.53. The second-order valence-electron chi connectivity index (χ2n) is 7.32. The van der Waals surface area contributed by atoms with E-state index in [0.717, 1.165) is 11.3 Å². The lowest BCUT2D eigenvalue weighted by atomic mass is 10.1. The molecule has 1 aromatic heterocycles. The first-order chi connectivity index (χ1) is 16.5. The molecule has 3 N–H and O–H groups in total. The summed E-state index contributed by atoms with van der Waals surface area (Å²) in [6, 6.07) is 22.1. The van der Waals surface area contributed by atoms with E-state index < -0.39 is 5.91 Å². The molecule has 3 aromatic carbocycles. The van der Waals surface area contributed by atoms with Gasteiger partial charge in [-0.2, -0.15) is 5.10 Å². The number of primary amides is 1. The lowest BCUT2D eigenvalue weighted by molar-refractivity contribution is -0.120. The van der Waals surface area contributed by atoms with Crippen LogP contribution in [0.3, 0.4) is 0 Å². The van der Waals surface area contributed by atoms with Crippen molar-refractivity contribution in [3.63, 3.8) is 0 Å². The van der Waals surface area contributed by atoms with Crippen LogP contribution in [-0.4, -0.2) is 28.2 Å². The van der Waals surface area contributed by atoms with Crippen LogP contribution in [0.2, 0.25) is 0 Å². The number of benzene rings is 3. The molecule has 34 heavy (non-hydrogen) atoms. The quantitative estimate of drug-likeness (QED) is 0.388. The molecule has 1 heterocycles. The summed E-state index contributed by atoms with van der Waals surface area (Å²) in [5, 5.41) is 7.41. The van der Waals surface area contributed by atoms with Crippen molar-refractivity contribution in [2.45, 2.75) is 0 Å². The zero-order valence-corrected chi connectivity index (χ0v) is 18.0. The molecule has 0 saturated carbocycles. The topological polar surface area (TPSA) is 99.2 Å². The normalized spacial score (nSPS) is 10.9. The van der Waals surface area contributed by atoms with Crippen molar-refractivity contribution >= 4 is 23.6 Å². The van der Waals surface area contributed by atoms with Crippen molar-refractivity contribution < 1.29 is 18.7 Å². The molecule has 0 bridgehead atoms. The number of nitrogens with one attached hydrogen (secondary N) is 1. The van der Waals surface area contributed by atoms with E-state index in [-0.39, 0.29) is 18.3 Å². The van der Waals surface area contributed by atoms with Crippen LogP contribution in [0.15, 0.2) is 91.1 Å². The van der Waals surface area contributed by atoms with Crippen LogP contribution in [0.4, 0.5) is 10.1 Å². The number of amides is 2. The summed E-state index contributed by atoms with van der Waals surface area (Å²) in [6.45, 7) is -0.221. The number of ether oxygens (including phenoxy) is 1. The van der Waals surface area contributed by atoms with Crippen LogP contribution >= 0.6 is 0 Å². The smallest absolute Gasteiger partial charge is 0.255 e. The molecule has 0 fully saturated rings. The molecule has 170 valence electrons. The number of hydrogen-bond acceptors (Lipinski definition) is 4. The molecule has 0 aliphatic heterocycles. The highest BCUT2D eigenvalue weighted by molar-refractivity contribution is 6.02. The first-order valence-electron chi connectivity index (χ1n) is 10.4. The van der Waals surface area contributed by atoms with Crippen molar-refractivity contribution in [2.24, 2.45) is 5.73 Å². The van der Waals surface area contributed by atoms with E-state index in [0.29, 0.717) is 22.7 Å². The van der Waals surface area contributed by atoms with E-state index >= 15 is 0 Å². The highest BCUT2D eigenvalue weighted by Gasteiger charge is 2.11. The first-order valence-corrected chi connectivity index (χ1v) is 10.4. The Kier molecular flexibility index (Phi) is 6.78. The van der Waals surface area contributed by atoms with E-state index in [1.165, 1.54) is 18.2 Å². The minimum Gasteiger partial charge on any atom is -0.484 e. The summed E-state index contributed by atoms with van der Waals surface area (Å²) in [5.74, 6) is -0.792. The van der Waals surface area contributed by atoms with E-state index in [2.05, 4.69) is 10.4 Å². The predicted octanol–water partition coefficient (Wildman–Crippen LogP) is 4.19. The second kappa shape index (κ2) is 10.3. The van der Waals surface area contributed by atoms with Gasteiger partial charge in [0.25, 0.3) is 5.91 Å². The van der Waals surface area contributed by atoms with Gasteiger partial charge in [0.15, 0.2) is 6.61 Å². The summed E-state index contributed by atoms with van der Waals surface area (Å²) >= 11 is 0. The predicted molar refractivity (Wildman–Crippen MR) is 128 cm³/mol. The molecule has 4 aromatic rings. The van der Waals surface area contributed by atoms with E-state index in [1.54, 1.807) is 47.2 Å². The molecule has 7 nitrogen and oxygen atoms in total. The molecule has 0 unspecified atom stereocenters. The zero-order valence-electron chi connectivity index (χ0n) is 18.0. The Bertz CT molecular complexity index is 1310. The Labute approximate surface area is 195 Å². The van der Waals surface area contributed by atoms with Crippen molar-refractivity contribution in [3.8, 4) is 22.7 Å². The lowest BCUT2D eigenvalue weighted by Gasteiger charge is -2.05. The number of anilines is 1. The highest BCUT2D eigenvalue weighted by atomic mass is 19.1. The molecule has 0 aliphatic rings. The Morgan fingerprint density at radius 2 is 1.71 bits per heavy atom. The van der Waals surface area contributed by atoms with Gasteiger partial charge in [0, 0.05) is 29.1 Å². The minimum absolute atomic E-state index is 0.221. The molecular formula is C26H21FN4O3. The van der Waals surface area contributed by atoms with E-state index in [9.17, 15) is 14.0 Å². The van der Waals surface area contributed by atoms with Crippen molar-refractivity contribution in [1.29, 1.82) is 0 Å². The monoisotopic (exact) mass is 456 g/mol. The summed E-state index contributed by atoms with van der Waals surface area (Å²) in [7, 11) is 0. The maximum atomic E-state index is 13.4. The fourth-order valence-corrected chi connectivity index (χ4v) is 3.19. The fraction of sp³-hybridized carbons (Fsp3) is 0.0385. The number of halogens is 1. The van der Waals surface area contributed by atoms with Gasteiger partial charge in [0.1, 0.15) is 11.6 Å². The molecule has 0 spiro atoms. The third kappa shape index (κ3) is 5.74. The van der Waals surface area contributed by atoms with Gasteiger partial charge in [-0.05, 0) is 66.7 Å². The van der Waals surface area contributed by atoms with Gasteiger partial charge < -0.3 is 15.8 Å². The number of carbonyl (C=O) groups is 2. The number of nitrogens with two attached hydrogens (primary N) is 1. The number of para-hydroxylation sites is 1. The summed E-state index contributed by atoms with van der Waals surface area (Å²) in [6.07, 6.45) is 4.87. The molecule has 0 radical (unpaired) electrons. The van der Waals surface area contributed by atoms with Gasteiger partial charge in [-0.25, -0.2) is 9.07 Å². The van der Waals surface area contributed by atoms with Gasteiger partial charge in [-0.1, -0.05) is 18.2 Å². The second-order valence-corrected chi connectivity index (χ2v) is 7.32.